The van der Waals surface area contributed by atoms with E-state index in [9.17, 15) is 9.18 Å². The topological polar surface area (TPSA) is 41.1 Å². The van der Waals surface area contributed by atoms with Crippen molar-refractivity contribution >= 4 is 11.7 Å². The molecule has 0 aromatic heterocycles. The number of halogens is 1. The van der Waals surface area contributed by atoms with Crippen molar-refractivity contribution in [3.8, 4) is 0 Å². The lowest BCUT2D eigenvalue weighted by atomic mass is 10.1. The first kappa shape index (κ1) is 14.1. The zero-order chi connectivity index (χ0) is 14.5. The van der Waals surface area contributed by atoms with E-state index >= 15 is 0 Å². The number of carbonyl (C=O) groups is 1. The predicted molar refractivity (Wildman–Crippen MR) is 78.2 cm³/mol. The summed E-state index contributed by atoms with van der Waals surface area (Å²) in [4.78, 5) is 11.8. The van der Waals surface area contributed by atoms with Crippen molar-refractivity contribution in [1.29, 1.82) is 0 Å². The summed E-state index contributed by atoms with van der Waals surface area (Å²) in [5.41, 5.74) is 3.74. The van der Waals surface area contributed by atoms with Gasteiger partial charge in [0.05, 0.1) is 0 Å². The molecule has 0 atom stereocenters. The molecule has 3 nitrogen and oxygen atoms in total. The number of rotatable bonds is 3. The molecule has 2 aromatic carbocycles. The Morgan fingerprint density at radius 1 is 1.10 bits per heavy atom. The molecule has 0 unspecified atom stereocenters. The van der Waals surface area contributed by atoms with Crippen molar-refractivity contribution in [3.05, 3.63) is 65.0 Å². The van der Waals surface area contributed by atoms with Crippen molar-refractivity contribution in [2.75, 3.05) is 5.32 Å². The van der Waals surface area contributed by atoms with Gasteiger partial charge in [-0.05, 0) is 48.7 Å². The van der Waals surface area contributed by atoms with Crippen LogP contribution in [0.5, 0.6) is 0 Å². The summed E-state index contributed by atoms with van der Waals surface area (Å²) in [5.74, 6) is -0.284. The van der Waals surface area contributed by atoms with Crippen LogP contribution in [0.4, 0.5) is 14.9 Å². The van der Waals surface area contributed by atoms with Crippen molar-refractivity contribution < 1.29 is 9.18 Å². The zero-order valence-corrected chi connectivity index (χ0v) is 11.5. The average molecular weight is 272 g/mol. The third kappa shape index (κ3) is 3.82. The Bertz CT molecular complexity index is 608. The first-order valence-electron chi connectivity index (χ1n) is 6.41. The van der Waals surface area contributed by atoms with E-state index in [1.54, 1.807) is 12.1 Å². The van der Waals surface area contributed by atoms with Crippen LogP contribution >= 0.6 is 0 Å². The van der Waals surface area contributed by atoms with E-state index in [0.29, 0.717) is 6.54 Å². The zero-order valence-electron chi connectivity index (χ0n) is 11.5. The maximum absolute atomic E-state index is 12.8. The van der Waals surface area contributed by atoms with Crippen LogP contribution in [0.2, 0.25) is 0 Å². The van der Waals surface area contributed by atoms with Gasteiger partial charge < -0.3 is 10.6 Å². The quantitative estimate of drug-likeness (QED) is 0.877. The molecular formula is C16H17FN2O. The molecule has 0 saturated heterocycles. The van der Waals surface area contributed by atoms with Crippen molar-refractivity contribution in [3.63, 3.8) is 0 Å². The summed E-state index contributed by atoms with van der Waals surface area (Å²) in [7, 11) is 0. The molecule has 0 aliphatic rings. The summed E-state index contributed by atoms with van der Waals surface area (Å²) in [5, 5.41) is 5.55. The predicted octanol–water partition coefficient (Wildman–Crippen LogP) is 3.76. The SMILES string of the molecule is Cc1ccc(C)c(NC(=O)NCc2ccc(F)cc2)c1. The second kappa shape index (κ2) is 6.19. The third-order valence-electron chi connectivity index (χ3n) is 3.01. The summed E-state index contributed by atoms with van der Waals surface area (Å²) in [6.45, 7) is 4.27. The van der Waals surface area contributed by atoms with Gasteiger partial charge in [0, 0.05) is 12.2 Å². The molecule has 0 aliphatic heterocycles. The Labute approximate surface area is 117 Å². The van der Waals surface area contributed by atoms with Gasteiger partial charge in [-0.25, -0.2) is 9.18 Å². The van der Waals surface area contributed by atoms with Gasteiger partial charge in [0.15, 0.2) is 0 Å². The molecule has 104 valence electrons. The van der Waals surface area contributed by atoms with Gasteiger partial charge in [-0.2, -0.15) is 0 Å². The fourth-order valence-corrected chi connectivity index (χ4v) is 1.82. The lowest BCUT2D eigenvalue weighted by Crippen LogP contribution is -2.28. The lowest BCUT2D eigenvalue weighted by molar-refractivity contribution is 0.251. The Morgan fingerprint density at radius 2 is 1.80 bits per heavy atom. The van der Waals surface area contributed by atoms with Crippen LogP contribution in [0, 0.1) is 19.7 Å². The maximum Gasteiger partial charge on any atom is 0.319 e. The van der Waals surface area contributed by atoms with Crippen LogP contribution in [-0.4, -0.2) is 6.03 Å². The van der Waals surface area contributed by atoms with Gasteiger partial charge in [-0.15, -0.1) is 0 Å². The molecule has 4 heteroatoms. The molecule has 2 amide bonds. The van der Waals surface area contributed by atoms with Crippen molar-refractivity contribution in [1.82, 2.24) is 5.32 Å². The lowest BCUT2D eigenvalue weighted by Gasteiger charge is -2.10. The van der Waals surface area contributed by atoms with E-state index in [0.717, 1.165) is 22.4 Å². The van der Waals surface area contributed by atoms with Gasteiger partial charge >= 0.3 is 6.03 Å². The highest BCUT2D eigenvalue weighted by Gasteiger charge is 2.04. The fraction of sp³-hybridized carbons (Fsp3) is 0.188. The minimum Gasteiger partial charge on any atom is -0.334 e. The van der Waals surface area contributed by atoms with Crippen molar-refractivity contribution in [2.24, 2.45) is 0 Å². The highest BCUT2D eigenvalue weighted by atomic mass is 19.1. The molecule has 2 rings (SSSR count). The van der Waals surface area contributed by atoms with Gasteiger partial charge in [0.1, 0.15) is 5.82 Å². The van der Waals surface area contributed by atoms with Crippen LogP contribution in [0.15, 0.2) is 42.5 Å². The summed E-state index contributed by atoms with van der Waals surface area (Å²) >= 11 is 0. The number of aryl methyl sites for hydroxylation is 2. The molecule has 0 aliphatic carbocycles. The largest absolute Gasteiger partial charge is 0.334 e. The van der Waals surface area contributed by atoms with E-state index in [-0.39, 0.29) is 11.8 Å². The molecule has 0 bridgehead atoms. The number of amides is 2. The number of hydrogen-bond acceptors (Lipinski definition) is 1. The van der Waals surface area contributed by atoms with Gasteiger partial charge in [-0.3, -0.25) is 0 Å². The van der Waals surface area contributed by atoms with Crippen LogP contribution in [0.1, 0.15) is 16.7 Å². The van der Waals surface area contributed by atoms with Gasteiger partial charge in [-0.1, -0.05) is 24.3 Å². The Kier molecular flexibility index (Phi) is 4.35. The van der Waals surface area contributed by atoms with Gasteiger partial charge in [0.25, 0.3) is 0 Å². The Morgan fingerprint density at radius 3 is 2.50 bits per heavy atom. The first-order valence-corrected chi connectivity index (χ1v) is 6.41. The van der Waals surface area contributed by atoms with Crippen LogP contribution in [0.3, 0.4) is 0 Å². The van der Waals surface area contributed by atoms with Crippen LogP contribution in [0.25, 0.3) is 0 Å². The Balaban J connectivity index is 1.92. The highest BCUT2D eigenvalue weighted by molar-refractivity contribution is 5.90. The van der Waals surface area contributed by atoms with Gasteiger partial charge in [0.2, 0.25) is 0 Å². The molecule has 0 radical (unpaired) electrons. The molecule has 0 saturated carbocycles. The van der Waals surface area contributed by atoms with E-state index in [4.69, 9.17) is 0 Å². The fourth-order valence-electron chi connectivity index (χ4n) is 1.82. The second-order valence-electron chi connectivity index (χ2n) is 4.75. The van der Waals surface area contributed by atoms with E-state index in [1.807, 2.05) is 32.0 Å². The first-order chi connectivity index (χ1) is 9.54. The average Bonchev–Trinajstić information content (AvgIpc) is 2.42. The third-order valence-corrected chi connectivity index (χ3v) is 3.01. The molecule has 2 N–H and O–H groups in total. The number of hydrogen-bond donors (Lipinski definition) is 2. The normalized spacial score (nSPS) is 10.2. The standard InChI is InChI=1S/C16H17FN2O/c1-11-3-4-12(2)15(9-11)19-16(20)18-10-13-5-7-14(17)8-6-13/h3-9H,10H2,1-2H3,(H2,18,19,20). The molecule has 0 fully saturated rings. The highest BCUT2D eigenvalue weighted by Crippen LogP contribution is 2.16. The monoisotopic (exact) mass is 272 g/mol. The number of carbonyl (C=O) groups excluding carboxylic acids is 1. The number of urea groups is 1. The van der Waals surface area contributed by atoms with E-state index in [1.165, 1.54) is 12.1 Å². The number of benzene rings is 2. The van der Waals surface area contributed by atoms with Crippen molar-refractivity contribution in [2.45, 2.75) is 20.4 Å². The van der Waals surface area contributed by atoms with E-state index in [2.05, 4.69) is 10.6 Å². The minimum absolute atomic E-state index is 0.275. The summed E-state index contributed by atoms with van der Waals surface area (Å²) in [6.07, 6.45) is 0. The Hall–Kier alpha value is -2.36. The molecule has 20 heavy (non-hydrogen) atoms. The van der Waals surface area contributed by atoms with E-state index < -0.39 is 0 Å². The number of nitrogens with one attached hydrogen (secondary N) is 2. The molecule has 2 aromatic rings. The summed E-state index contributed by atoms with van der Waals surface area (Å²) in [6, 6.07) is 11.7. The summed E-state index contributed by atoms with van der Waals surface area (Å²) < 4.78 is 12.8. The maximum atomic E-state index is 12.8. The molecule has 0 heterocycles. The number of anilines is 1. The van der Waals surface area contributed by atoms with Crippen LogP contribution < -0.4 is 10.6 Å². The molecular weight excluding hydrogens is 255 g/mol. The molecule has 0 spiro atoms. The van der Waals surface area contributed by atoms with Crippen LogP contribution in [-0.2, 0) is 6.54 Å². The minimum atomic E-state index is -0.284. The second-order valence-corrected chi connectivity index (χ2v) is 4.75. The smallest absolute Gasteiger partial charge is 0.319 e.